The summed E-state index contributed by atoms with van der Waals surface area (Å²) in [5.74, 6) is -0.688. The van der Waals surface area contributed by atoms with Gasteiger partial charge in [0.25, 0.3) is 5.91 Å². The molecule has 9 heteroatoms. The van der Waals surface area contributed by atoms with Crippen molar-refractivity contribution in [2.75, 3.05) is 41.9 Å². The van der Waals surface area contributed by atoms with E-state index < -0.39 is 0 Å². The van der Waals surface area contributed by atoms with Crippen molar-refractivity contribution in [3.05, 3.63) is 48.0 Å². The molecule has 1 heterocycles. The third-order valence-electron chi connectivity index (χ3n) is 4.35. The van der Waals surface area contributed by atoms with Crippen LogP contribution in [0.1, 0.15) is 17.3 Å². The summed E-state index contributed by atoms with van der Waals surface area (Å²) in [6, 6.07) is 11.9. The number of fused-ring (bicyclic) bond motifs is 1. The van der Waals surface area contributed by atoms with Crippen LogP contribution < -0.4 is 15.5 Å². The number of carbonyl (C=O) groups excluding carboxylic acids is 4. The summed E-state index contributed by atoms with van der Waals surface area (Å²) >= 11 is 1.38. The predicted octanol–water partition coefficient (Wildman–Crippen LogP) is 2.42. The molecule has 0 aliphatic carbocycles. The second-order valence-electron chi connectivity index (χ2n) is 6.96. The molecule has 2 aromatic carbocycles. The number of benzene rings is 2. The van der Waals surface area contributed by atoms with E-state index >= 15 is 0 Å². The molecule has 156 valence electrons. The van der Waals surface area contributed by atoms with Gasteiger partial charge >= 0.3 is 0 Å². The van der Waals surface area contributed by atoms with Gasteiger partial charge in [-0.15, -0.1) is 11.8 Å². The van der Waals surface area contributed by atoms with Gasteiger partial charge < -0.3 is 20.4 Å². The van der Waals surface area contributed by atoms with Crippen LogP contribution >= 0.6 is 11.8 Å². The number of nitrogens with zero attached hydrogens (tertiary/aromatic N) is 2. The van der Waals surface area contributed by atoms with Crippen LogP contribution in [-0.2, 0) is 14.4 Å². The summed E-state index contributed by atoms with van der Waals surface area (Å²) in [7, 11) is 3.31. The van der Waals surface area contributed by atoms with Crippen molar-refractivity contribution in [1.29, 1.82) is 0 Å². The molecule has 0 aromatic heterocycles. The first-order chi connectivity index (χ1) is 14.2. The van der Waals surface area contributed by atoms with Gasteiger partial charge in [0.05, 0.1) is 11.4 Å². The molecule has 0 fully saturated rings. The van der Waals surface area contributed by atoms with Crippen LogP contribution in [0.3, 0.4) is 0 Å². The molecule has 0 spiro atoms. The smallest absolute Gasteiger partial charge is 0.253 e. The van der Waals surface area contributed by atoms with E-state index in [-0.39, 0.29) is 35.9 Å². The number of hydrogen-bond donors (Lipinski definition) is 2. The largest absolute Gasteiger partial charge is 0.345 e. The lowest BCUT2D eigenvalue weighted by atomic mass is 10.1. The molecule has 0 unspecified atom stereocenters. The maximum atomic E-state index is 12.6. The molecular formula is C21H22N4O4S. The maximum Gasteiger partial charge on any atom is 0.253 e. The molecule has 0 bridgehead atoms. The molecule has 3 rings (SSSR count). The van der Waals surface area contributed by atoms with Gasteiger partial charge in [0.1, 0.15) is 6.54 Å². The van der Waals surface area contributed by atoms with Crippen molar-refractivity contribution in [2.45, 2.75) is 11.8 Å². The van der Waals surface area contributed by atoms with E-state index in [1.807, 2.05) is 0 Å². The number of hydrogen-bond acceptors (Lipinski definition) is 5. The molecule has 8 nitrogen and oxygen atoms in total. The standard InChI is InChI=1S/C21H22N4O4S/c1-13(26)22-15-5-7-16(8-6-15)23-19(27)11-25-17-10-14(21(29)24(2)3)4-9-18(17)30-12-20(25)28/h4-10H,11-12H2,1-3H3,(H,22,26)(H,23,27). The zero-order valence-corrected chi connectivity index (χ0v) is 17.7. The lowest BCUT2D eigenvalue weighted by Crippen LogP contribution is -2.41. The van der Waals surface area contributed by atoms with Gasteiger partial charge in [0.2, 0.25) is 17.7 Å². The zero-order chi connectivity index (χ0) is 21.8. The Bertz CT molecular complexity index is 1000. The highest BCUT2D eigenvalue weighted by molar-refractivity contribution is 8.00. The van der Waals surface area contributed by atoms with Crippen molar-refractivity contribution >= 4 is 52.5 Å². The Hall–Kier alpha value is -3.33. The number of amides is 4. The minimum atomic E-state index is -0.363. The third kappa shape index (κ3) is 4.98. The van der Waals surface area contributed by atoms with Crippen LogP contribution in [0, 0.1) is 0 Å². The second-order valence-corrected chi connectivity index (χ2v) is 7.97. The van der Waals surface area contributed by atoms with E-state index in [1.54, 1.807) is 56.6 Å². The second kappa shape index (κ2) is 9.00. The highest BCUT2D eigenvalue weighted by Crippen LogP contribution is 2.36. The molecule has 0 saturated carbocycles. The number of rotatable bonds is 5. The average molecular weight is 426 g/mol. The molecule has 2 N–H and O–H groups in total. The normalized spacial score (nSPS) is 12.8. The Morgan fingerprint density at radius 1 is 1.03 bits per heavy atom. The fourth-order valence-electron chi connectivity index (χ4n) is 2.95. The van der Waals surface area contributed by atoms with Crippen molar-refractivity contribution in [3.63, 3.8) is 0 Å². The number of nitrogens with one attached hydrogen (secondary N) is 2. The Kier molecular flexibility index (Phi) is 6.41. The third-order valence-corrected chi connectivity index (χ3v) is 5.39. The van der Waals surface area contributed by atoms with E-state index in [2.05, 4.69) is 10.6 Å². The fraction of sp³-hybridized carbons (Fsp3) is 0.238. The summed E-state index contributed by atoms with van der Waals surface area (Å²) in [5.41, 5.74) is 2.17. The van der Waals surface area contributed by atoms with Crippen LogP contribution in [0.5, 0.6) is 0 Å². The Balaban J connectivity index is 1.75. The van der Waals surface area contributed by atoms with Gasteiger partial charge in [-0.05, 0) is 42.5 Å². The molecule has 4 amide bonds. The van der Waals surface area contributed by atoms with Crippen LogP contribution in [0.25, 0.3) is 0 Å². The van der Waals surface area contributed by atoms with E-state index in [0.29, 0.717) is 22.6 Å². The minimum absolute atomic E-state index is 0.167. The van der Waals surface area contributed by atoms with Crippen molar-refractivity contribution in [3.8, 4) is 0 Å². The lowest BCUT2D eigenvalue weighted by Gasteiger charge is -2.29. The first kappa shape index (κ1) is 21.4. The van der Waals surface area contributed by atoms with Crippen LogP contribution in [0.4, 0.5) is 17.1 Å². The van der Waals surface area contributed by atoms with E-state index in [1.165, 1.54) is 28.5 Å². The van der Waals surface area contributed by atoms with Gasteiger partial charge in [-0.1, -0.05) is 0 Å². The van der Waals surface area contributed by atoms with Crippen LogP contribution in [-0.4, -0.2) is 54.9 Å². The zero-order valence-electron chi connectivity index (χ0n) is 16.9. The van der Waals surface area contributed by atoms with Crippen molar-refractivity contribution < 1.29 is 19.2 Å². The van der Waals surface area contributed by atoms with E-state index in [4.69, 9.17) is 0 Å². The Morgan fingerprint density at radius 2 is 1.67 bits per heavy atom. The Labute approximate surface area is 178 Å². The number of thioether (sulfide) groups is 1. The topological polar surface area (TPSA) is 98.8 Å². The number of carbonyl (C=O) groups is 4. The quantitative estimate of drug-likeness (QED) is 0.765. The molecule has 1 aliphatic rings. The molecule has 2 aromatic rings. The van der Waals surface area contributed by atoms with Crippen LogP contribution in [0.2, 0.25) is 0 Å². The fourth-order valence-corrected chi connectivity index (χ4v) is 3.87. The van der Waals surface area contributed by atoms with E-state index in [0.717, 1.165) is 4.90 Å². The predicted molar refractivity (Wildman–Crippen MR) is 117 cm³/mol. The first-order valence-electron chi connectivity index (χ1n) is 9.21. The molecular weight excluding hydrogens is 404 g/mol. The number of anilines is 3. The summed E-state index contributed by atoms with van der Waals surface area (Å²) in [6.07, 6.45) is 0. The van der Waals surface area contributed by atoms with Crippen LogP contribution in [0.15, 0.2) is 47.4 Å². The van der Waals surface area contributed by atoms with Gasteiger partial charge in [0, 0.05) is 42.9 Å². The first-order valence-corrected chi connectivity index (χ1v) is 10.2. The van der Waals surface area contributed by atoms with E-state index in [9.17, 15) is 19.2 Å². The summed E-state index contributed by atoms with van der Waals surface area (Å²) in [5, 5.41) is 5.40. The minimum Gasteiger partial charge on any atom is -0.345 e. The summed E-state index contributed by atoms with van der Waals surface area (Å²) < 4.78 is 0. The van der Waals surface area contributed by atoms with Gasteiger partial charge in [-0.3, -0.25) is 19.2 Å². The van der Waals surface area contributed by atoms with Gasteiger partial charge in [0.15, 0.2) is 0 Å². The molecule has 30 heavy (non-hydrogen) atoms. The van der Waals surface area contributed by atoms with Gasteiger partial charge in [-0.25, -0.2) is 0 Å². The van der Waals surface area contributed by atoms with Crippen molar-refractivity contribution in [1.82, 2.24) is 4.90 Å². The average Bonchev–Trinajstić information content (AvgIpc) is 2.70. The van der Waals surface area contributed by atoms with Crippen molar-refractivity contribution in [2.24, 2.45) is 0 Å². The highest BCUT2D eigenvalue weighted by Gasteiger charge is 2.27. The Morgan fingerprint density at radius 3 is 2.27 bits per heavy atom. The molecule has 1 aliphatic heterocycles. The summed E-state index contributed by atoms with van der Waals surface area (Å²) in [6.45, 7) is 1.25. The lowest BCUT2D eigenvalue weighted by molar-refractivity contribution is -0.120. The molecule has 0 radical (unpaired) electrons. The SMILES string of the molecule is CC(=O)Nc1ccc(NC(=O)CN2C(=O)CSc3ccc(C(=O)N(C)C)cc32)cc1. The highest BCUT2D eigenvalue weighted by atomic mass is 32.2. The molecule has 0 saturated heterocycles. The summed E-state index contributed by atoms with van der Waals surface area (Å²) in [4.78, 5) is 52.1. The maximum absolute atomic E-state index is 12.6. The van der Waals surface area contributed by atoms with Gasteiger partial charge in [-0.2, -0.15) is 0 Å². The molecule has 0 atom stereocenters. The monoisotopic (exact) mass is 426 g/mol.